The van der Waals surface area contributed by atoms with Crippen molar-refractivity contribution in [2.75, 3.05) is 7.11 Å². The number of hydrogen-bond donors (Lipinski definition) is 1. The maximum absolute atomic E-state index is 12.3. The first-order valence-electron chi connectivity index (χ1n) is 6.16. The minimum atomic E-state index is -1.05. The molecular weight excluding hydrogens is 338 g/mol. The Balaban J connectivity index is 2.81. The normalized spacial score (nSPS) is 10.5. The molecule has 0 spiro atoms. The third-order valence-corrected chi connectivity index (χ3v) is 3.67. The first-order valence-corrected chi connectivity index (χ1v) is 6.96. The number of hydrogen-bond acceptors (Lipinski definition) is 3. The van der Waals surface area contributed by atoms with E-state index >= 15 is 0 Å². The molecule has 1 aromatic carbocycles. The number of carboxylic acid groups (broad SMARTS) is 1. The highest BCUT2D eigenvalue weighted by Crippen LogP contribution is 2.25. The molecule has 0 unspecified atom stereocenters. The molecule has 0 bridgehead atoms. The van der Waals surface area contributed by atoms with Crippen LogP contribution in [0.25, 0.3) is 5.69 Å². The van der Waals surface area contributed by atoms with E-state index in [1.807, 2.05) is 0 Å². The van der Waals surface area contributed by atoms with Gasteiger partial charge in [0.15, 0.2) is 0 Å². The summed E-state index contributed by atoms with van der Waals surface area (Å²) in [6.45, 7) is 3.23. The van der Waals surface area contributed by atoms with Crippen molar-refractivity contribution >= 4 is 21.9 Å². The molecule has 2 rings (SSSR count). The molecule has 5 nitrogen and oxygen atoms in total. The summed E-state index contributed by atoms with van der Waals surface area (Å²) in [7, 11) is 1.53. The molecular formula is C15H14BrNO4. The van der Waals surface area contributed by atoms with Gasteiger partial charge in [-0.1, -0.05) is 15.9 Å². The van der Waals surface area contributed by atoms with Gasteiger partial charge in [-0.2, -0.15) is 0 Å². The number of carboxylic acids is 1. The Kier molecular flexibility index (Phi) is 4.18. The average molecular weight is 352 g/mol. The number of nitrogens with zero attached hydrogens (tertiary/aromatic N) is 1. The lowest BCUT2D eigenvalue weighted by molar-refractivity contribution is 0.0694. The minimum Gasteiger partial charge on any atom is -0.497 e. The molecule has 0 aliphatic rings. The van der Waals surface area contributed by atoms with Gasteiger partial charge in [-0.05, 0) is 31.5 Å². The third-order valence-electron chi connectivity index (χ3n) is 3.22. The topological polar surface area (TPSA) is 68.5 Å². The maximum atomic E-state index is 12.3. The van der Waals surface area contributed by atoms with Crippen LogP contribution in [-0.4, -0.2) is 22.8 Å². The maximum Gasteiger partial charge on any atom is 0.337 e. The Bertz CT molecular complexity index is 780. The average Bonchev–Trinajstić information content (AvgIpc) is 2.36. The van der Waals surface area contributed by atoms with Crippen LogP contribution >= 0.6 is 15.9 Å². The van der Waals surface area contributed by atoms with E-state index in [-0.39, 0.29) is 11.1 Å². The van der Waals surface area contributed by atoms with Crippen LogP contribution in [0, 0.1) is 13.8 Å². The van der Waals surface area contributed by atoms with Gasteiger partial charge in [-0.15, -0.1) is 0 Å². The summed E-state index contributed by atoms with van der Waals surface area (Å²) >= 11 is 3.35. The summed E-state index contributed by atoms with van der Waals surface area (Å²) in [5.74, 6) is -0.483. The Morgan fingerprint density at radius 2 is 1.90 bits per heavy atom. The molecule has 0 radical (unpaired) electrons. The minimum absolute atomic E-state index is 0.133. The van der Waals surface area contributed by atoms with E-state index in [1.165, 1.54) is 17.7 Å². The van der Waals surface area contributed by atoms with Gasteiger partial charge in [0.25, 0.3) is 5.56 Å². The molecule has 0 fully saturated rings. The van der Waals surface area contributed by atoms with Crippen molar-refractivity contribution in [3.8, 4) is 11.4 Å². The fraction of sp³-hybridized carbons (Fsp3) is 0.200. The number of halogens is 1. The quantitative estimate of drug-likeness (QED) is 0.922. The summed E-state index contributed by atoms with van der Waals surface area (Å²) in [4.78, 5) is 23.6. The number of rotatable bonds is 3. The highest BCUT2D eigenvalue weighted by Gasteiger charge is 2.17. The van der Waals surface area contributed by atoms with E-state index in [2.05, 4.69) is 15.9 Å². The van der Waals surface area contributed by atoms with Crippen LogP contribution in [0.5, 0.6) is 5.75 Å². The molecule has 0 atom stereocenters. The zero-order valence-corrected chi connectivity index (χ0v) is 13.4. The van der Waals surface area contributed by atoms with Crippen molar-refractivity contribution in [2.45, 2.75) is 13.8 Å². The zero-order valence-electron chi connectivity index (χ0n) is 11.8. The second-order valence-corrected chi connectivity index (χ2v) is 5.53. The van der Waals surface area contributed by atoms with E-state index < -0.39 is 5.97 Å². The van der Waals surface area contributed by atoms with Gasteiger partial charge in [0.1, 0.15) is 5.75 Å². The summed E-state index contributed by atoms with van der Waals surface area (Å²) in [5.41, 5.74) is 1.23. The Labute approximate surface area is 129 Å². The number of pyridine rings is 1. The molecule has 21 heavy (non-hydrogen) atoms. The fourth-order valence-corrected chi connectivity index (χ4v) is 2.78. The molecule has 0 aliphatic carbocycles. The molecule has 110 valence electrons. The van der Waals surface area contributed by atoms with Crippen LogP contribution in [0.1, 0.15) is 21.6 Å². The van der Waals surface area contributed by atoms with Gasteiger partial charge >= 0.3 is 5.97 Å². The summed E-state index contributed by atoms with van der Waals surface area (Å²) in [5, 5.41) is 9.31. The number of ether oxygens (including phenoxy) is 1. The van der Waals surface area contributed by atoms with E-state index in [4.69, 9.17) is 4.74 Å². The smallest absolute Gasteiger partial charge is 0.337 e. The van der Waals surface area contributed by atoms with E-state index in [0.29, 0.717) is 22.7 Å². The molecule has 0 saturated carbocycles. The van der Waals surface area contributed by atoms with Gasteiger partial charge < -0.3 is 9.84 Å². The summed E-state index contributed by atoms with van der Waals surface area (Å²) in [6, 6.07) is 6.50. The van der Waals surface area contributed by atoms with Crippen molar-refractivity contribution in [1.29, 1.82) is 0 Å². The van der Waals surface area contributed by atoms with Crippen molar-refractivity contribution in [3.05, 3.63) is 55.9 Å². The number of carbonyl (C=O) groups is 1. The monoisotopic (exact) mass is 351 g/mol. The van der Waals surface area contributed by atoms with Crippen molar-refractivity contribution in [1.82, 2.24) is 4.57 Å². The first kappa shape index (κ1) is 15.3. The molecule has 2 aromatic rings. The number of aryl methyl sites for hydroxylation is 1. The number of methoxy groups -OCH3 is 1. The van der Waals surface area contributed by atoms with E-state index in [1.54, 1.807) is 32.0 Å². The van der Waals surface area contributed by atoms with Crippen LogP contribution in [0.3, 0.4) is 0 Å². The van der Waals surface area contributed by atoms with Gasteiger partial charge in [0, 0.05) is 22.3 Å². The van der Waals surface area contributed by atoms with Crippen LogP contribution < -0.4 is 10.3 Å². The summed E-state index contributed by atoms with van der Waals surface area (Å²) < 4.78 is 7.28. The first-order chi connectivity index (χ1) is 9.85. The van der Waals surface area contributed by atoms with E-state index in [9.17, 15) is 14.7 Å². The standard InChI is InChI=1S/C15H14BrNO4/c1-8-4-13(18)17(9(2)14(8)15(19)20)11-5-10(16)6-12(7-11)21-3/h4-7H,1-3H3,(H,19,20). The number of benzene rings is 1. The van der Waals surface area contributed by atoms with Crippen LogP contribution in [0.4, 0.5) is 0 Å². The zero-order chi connectivity index (χ0) is 15.7. The van der Waals surface area contributed by atoms with Crippen molar-refractivity contribution in [2.24, 2.45) is 0 Å². The largest absolute Gasteiger partial charge is 0.497 e. The van der Waals surface area contributed by atoms with Crippen LogP contribution in [0.2, 0.25) is 0 Å². The summed E-state index contributed by atoms with van der Waals surface area (Å²) in [6.07, 6.45) is 0. The third kappa shape index (κ3) is 2.85. The predicted octanol–water partition coefficient (Wildman–Crippen LogP) is 2.92. The lowest BCUT2D eigenvalue weighted by Gasteiger charge is -2.15. The molecule has 1 heterocycles. The van der Waals surface area contributed by atoms with Crippen molar-refractivity contribution in [3.63, 3.8) is 0 Å². The van der Waals surface area contributed by atoms with Crippen LogP contribution in [-0.2, 0) is 0 Å². The highest BCUT2D eigenvalue weighted by molar-refractivity contribution is 9.10. The van der Waals surface area contributed by atoms with Gasteiger partial charge in [-0.25, -0.2) is 4.79 Å². The second-order valence-electron chi connectivity index (χ2n) is 4.62. The highest BCUT2D eigenvalue weighted by atomic mass is 79.9. The van der Waals surface area contributed by atoms with Crippen molar-refractivity contribution < 1.29 is 14.6 Å². The Hall–Kier alpha value is -2.08. The number of aromatic carboxylic acids is 1. The molecule has 0 aliphatic heterocycles. The lowest BCUT2D eigenvalue weighted by atomic mass is 10.1. The molecule has 6 heteroatoms. The number of aromatic nitrogens is 1. The Morgan fingerprint density at radius 3 is 2.48 bits per heavy atom. The lowest BCUT2D eigenvalue weighted by Crippen LogP contribution is -2.24. The van der Waals surface area contributed by atoms with Gasteiger partial charge in [0.2, 0.25) is 0 Å². The predicted molar refractivity (Wildman–Crippen MR) is 82.7 cm³/mol. The SMILES string of the molecule is COc1cc(Br)cc(-n2c(C)c(C(=O)O)c(C)cc2=O)c1. The molecule has 0 saturated heterocycles. The van der Waals surface area contributed by atoms with Gasteiger partial charge in [-0.3, -0.25) is 9.36 Å². The van der Waals surface area contributed by atoms with E-state index in [0.717, 1.165) is 4.47 Å². The molecule has 0 amide bonds. The van der Waals surface area contributed by atoms with Gasteiger partial charge in [0.05, 0.1) is 18.4 Å². The second kappa shape index (κ2) is 5.73. The fourth-order valence-electron chi connectivity index (χ4n) is 2.32. The molecule has 1 N–H and O–H groups in total. The Morgan fingerprint density at radius 1 is 1.24 bits per heavy atom. The molecule has 1 aromatic heterocycles. The van der Waals surface area contributed by atoms with Crippen LogP contribution in [0.15, 0.2) is 33.5 Å².